The van der Waals surface area contributed by atoms with Crippen molar-refractivity contribution in [1.29, 1.82) is 0 Å². The highest BCUT2D eigenvalue weighted by atomic mass is 16.2. The van der Waals surface area contributed by atoms with Crippen molar-refractivity contribution in [3.05, 3.63) is 24.3 Å². The van der Waals surface area contributed by atoms with Crippen molar-refractivity contribution in [2.24, 2.45) is 23.7 Å². The number of allylic oxidation sites excluding steroid dienone is 4. The number of hydrogen-bond acceptors (Lipinski definition) is 2. The first-order valence-electron chi connectivity index (χ1n) is 4.72. The molecule has 0 aromatic carbocycles. The van der Waals surface area contributed by atoms with Gasteiger partial charge in [-0.05, 0) is 18.3 Å². The number of hydrogen-bond donors (Lipinski definition) is 0. The van der Waals surface area contributed by atoms with Gasteiger partial charge in [0.15, 0.2) is 0 Å². The number of ketones is 2. The van der Waals surface area contributed by atoms with E-state index in [1.54, 1.807) is 0 Å². The van der Waals surface area contributed by atoms with Crippen LogP contribution in [0.5, 0.6) is 0 Å². The molecule has 1 fully saturated rings. The van der Waals surface area contributed by atoms with Gasteiger partial charge in [-0.1, -0.05) is 24.3 Å². The summed E-state index contributed by atoms with van der Waals surface area (Å²) in [6.45, 7) is 0. The molecule has 0 heterocycles. The zero-order valence-electron chi connectivity index (χ0n) is 7.14. The van der Waals surface area contributed by atoms with Gasteiger partial charge in [0.25, 0.3) is 0 Å². The summed E-state index contributed by atoms with van der Waals surface area (Å²) >= 11 is 0. The average molecular weight is 174 g/mol. The van der Waals surface area contributed by atoms with E-state index in [1.165, 1.54) is 0 Å². The van der Waals surface area contributed by atoms with Crippen LogP contribution in [-0.4, -0.2) is 11.6 Å². The summed E-state index contributed by atoms with van der Waals surface area (Å²) in [5.74, 6) is 0.136. The van der Waals surface area contributed by atoms with Crippen LogP contribution >= 0.6 is 0 Å². The number of rotatable bonds is 0. The van der Waals surface area contributed by atoms with E-state index in [1.807, 2.05) is 12.2 Å². The van der Waals surface area contributed by atoms with Crippen molar-refractivity contribution in [3.63, 3.8) is 0 Å². The normalized spacial score (nSPS) is 45.8. The lowest BCUT2D eigenvalue weighted by Crippen LogP contribution is -2.47. The van der Waals surface area contributed by atoms with Crippen LogP contribution in [0.25, 0.3) is 0 Å². The van der Waals surface area contributed by atoms with E-state index in [4.69, 9.17) is 0 Å². The molecule has 2 heteroatoms. The van der Waals surface area contributed by atoms with E-state index in [0.29, 0.717) is 11.8 Å². The molecule has 66 valence electrons. The Bertz CT molecular complexity index is 351. The molecule has 0 aromatic heterocycles. The third-order valence-corrected chi connectivity index (χ3v) is 3.51. The highest BCUT2D eigenvalue weighted by molar-refractivity contribution is 6.41. The van der Waals surface area contributed by atoms with Gasteiger partial charge in [-0.25, -0.2) is 0 Å². The van der Waals surface area contributed by atoms with E-state index in [0.717, 1.165) is 6.42 Å². The molecule has 0 spiro atoms. The molecule has 13 heavy (non-hydrogen) atoms. The van der Waals surface area contributed by atoms with E-state index in [9.17, 15) is 9.59 Å². The van der Waals surface area contributed by atoms with Gasteiger partial charge in [-0.3, -0.25) is 9.59 Å². The van der Waals surface area contributed by atoms with Crippen molar-refractivity contribution in [3.8, 4) is 0 Å². The SMILES string of the molecule is O=C1C(=O)C2C=CC1C1C=CCC21. The summed E-state index contributed by atoms with van der Waals surface area (Å²) in [6, 6.07) is 0. The monoisotopic (exact) mass is 174 g/mol. The Morgan fingerprint density at radius 3 is 2.54 bits per heavy atom. The first-order chi connectivity index (χ1) is 6.29. The summed E-state index contributed by atoms with van der Waals surface area (Å²) in [7, 11) is 0. The van der Waals surface area contributed by atoms with Crippen LogP contribution in [0.2, 0.25) is 0 Å². The van der Waals surface area contributed by atoms with Crippen LogP contribution in [-0.2, 0) is 9.59 Å². The highest BCUT2D eigenvalue weighted by Gasteiger charge is 2.50. The molecule has 4 rings (SSSR count). The van der Waals surface area contributed by atoms with Crippen molar-refractivity contribution in [2.75, 3.05) is 0 Å². The maximum Gasteiger partial charge on any atom is 0.206 e. The van der Waals surface area contributed by atoms with Crippen molar-refractivity contribution < 1.29 is 9.59 Å². The molecule has 0 radical (unpaired) electrons. The predicted octanol–water partition coefficient (Wildman–Crippen LogP) is 1.13. The number of Topliss-reactive ketones (excluding diaryl/α,β-unsaturated/α-hetero) is 2. The Labute approximate surface area is 76.3 Å². The lowest BCUT2D eigenvalue weighted by Gasteiger charge is -2.38. The fraction of sp³-hybridized carbons (Fsp3) is 0.455. The van der Waals surface area contributed by atoms with E-state index < -0.39 is 0 Å². The minimum absolute atomic E-state index is 0.113. The molecule has 4 atom stereocenters. The van der Waals surface area contributed by atoms with E-state index >= 15 is 0 Å². The third-order valence-electron chi connectivity index (χ3n) is 3.51. The second kappa shape index (κ2) is 2.19. The van der Waals surface area contributed by atoms with Crippen LogP contribution in [0.1, 0.15) is 6.42 Å². The Kier molecular flexibility index (Phi) is 1.22. The molecule has 0 aromatic rings. The minimum Gasteiger partial charge on any atom is -0.290 e. The minimum atomic E-state index is -0.166. The van der Waals surface area contributed by atoms with Crippen LogP contribution < -0.4 is 0 Å². The van der Waals surface area contributed by atoms with Crippen LogP contribution in [0.3, 0.4) is 0 Å². The predicted molar refractivity (Wildman–Crippen MR) is 46.9 cm³/mol. The third kappa shape index (κ3) is 0.736. The first kappa shape index (κ1) is 7.25. The van der Waals surface area contributed by atoms with Crippen LogP contribution in [0, 0.1) is 23.7 Å². The molecule has 0 N–H and O–H groups in total. The fourth-order valence-electron chi connectivity index (χ4n) is 2.85. The van der Waals surface area contributed by atoms with Gasteiger partial charge in [0, 0.05) is 5.92 Å². The van der Waals surface area contributed by atoms with Crippen LogP contribution in [0.15, 0.2) is 24.3 Å². The van der Waals surface area contributed by atoms with Crippen molar-refractivity contribution in [2.45, 2.75) is 6.42 Å². The molecule has 1 saturated carbocycles. The molecular formula is C11H10O2. The zero-order valence-corrected chi connectivity index (χ0v) is 7.14. The van der Waals surface area contributed by atoms with Gasteiger partial charge in [-0.2, -0.15) is 0 Å². The van der Waals surface area contributed by atoms with E-state index in [-0.39, 0.29) is 23.4 Å². The Hall–Kier alpha value is -1.18. The molecule has 4 aliphatic carbocycles. The Morgan fingerprint density at radius 2 is 1.69 bits per heavy atom. The largest absolute Gasteiger partial charge is 0.290 e. The maximum atomic E-state index is 11.5. The second-order valence-corrected chi connectivity index (χ2v) is 4.07. The number of carbonyl (C=O) groups excluding carboxylic acids is 2. The average Bonchev–Trinajstić information content (AvgIpc) is 2.61. The Balaban J connectivity index is 2.12. The van der Waals surface area contributed by atoms with Gasteiger partial charge in [0.1, 0.15) is 0 Å². The molecule has 0 amide bonds. The van der Waals surface area contributed by atoms with E-state index in [2.05, 4.69) is 12.2 Å². The zero-order chi connectivity index (χ0) is 9.00. The maximum absolute atomic E-state index is 11.5. The smallest absolute Gasteiger partial charge is 0.206 e. The number of fused-ring (bicyclic) bond motifs is 1. The molecule has 2 nitrogen and oxygen atoms in total. The standard InChI is InChI=1S/C11H10O2/c12-10-8-4-5-9(11(10)13)7-3-1-2-6(7)8/h1-2,4-9H,3H2. The van der Waals surface area contributed by atoms with Crippen molar-refractivity contribution in [1.82, 2.24) is 0 Å². The topological polar surface area (TPSA) is 34.1 Å². The Morgan fingerprint density at radius 1 is 1.00 bits per heavy atom. The molecule has 0 saturated heterocycles. The molecule has 2 bridgehead atoms. The summed E-state index contributed by atoms with van der Waals surface area (Å²) in [5.41, 5.74) is 0. The van der Waals surface area contributed by atoms with Crippen molar-refractivity contribution >= 4 is 11.6 Å². The van der Waals surface area contributed by atoms with Gasteiger partial charge in [0.2, 0.25) is 11.6 Å². The summed E-state index contributed by atoms with van der Waals surface area (Å²) in [6.07, 6.45) is 9.04. The van der Waals surface area contributed by atoms with Gasteiger partial charge in [0.05, 0.1) is 5.92 Å². The second-order valence-electron chi connectivity index (χ2n) is 4.07. The van der Waals surface area contributed by atoms with Gasteiger partial charge < -0.3 is 0 Å². The van der Waals surface area contributed by atoms with Crippen LogP contribution in [0.4, 0.5) is 0 Å². The van der Waals surface area contributed by atoms with Gasteiger partial charge in [-0.15, -0.1) is 0 Å². The highest BCUT2D eigenvalue weighted by Crippen LogP contribution is 2.46. The molecule has 4 aliphatic rings. The molecule has 4 unspecified atom stereocenters. The summed E-state index contributed by atoms with van der Waals surface area (Å²) in [4.78, 5) is 23.0. The molecular weight excluding hydrogens is 164 g/mol. The number of carbonyl (C=O) groups is 2. The van der Waals surface area contributed by atoms with Gasteiger partial charge >= 0.3 is 0 Å². The lowest BCUT2D eigenvalue weighted by atomic mass is 9.62. The quantitative estimate of drug-likeness (QED) is 0.407. The fourth-order valence-corrected chi connectivity index (χ4v) is 2.85. The lowest BCUT2D eigenvalue weighted by molar-refractivity contribution is -0.145. The molecule has 0 aliphatic heterocycles. The summed E-state index contributed by atoms with van der Waals surface area (Å²) < 4.78 is 0. The first-order valence-corrected chi connectivity index (χ1v) is 4.72. The summed E-state index contributed by atoms with van der Waals surface area (Å²) in [5, 5.41) is 0.